The third-order valence-electron chi connectivity index (χ3n) is 3.93. The Balaban J connectivity index is 1.72. The average Bonchev–Trinajstić information content (AvgIpc) is 2.69. The molecule has 1 aromatic rings. The van der Waals surface area contributed by atoms with Crippen molar-refractivity contribution in [3.8, 4) is 0 Å². The lowest BCUT2D eigenvalue weighted by molar-refractivity contribution is -0.120. The number of aryl methyl sites for hydroxylation is 1. The molecule has 0 unspecified atom stereocenters. The second-order valence-corrected chi connectivity index (χ2v) is 6.36. The zero-order chi connectivity index (χ0) is 13.6. The van der Waals surface area contributed by atoms with Crippen LogP contribution in [0.4, 0.5) is 0 Å². The number of rotatable bonds is 1. The minimum atomic E-state index is -0.143. The molecule has 100 valence electrons. The Hall–Kier alpha value is -1.36. The van der Waals surface area contributed by atoms with Crippen LogP contribution in [0.2, 0.25) is 0 Å². The van der Waals surface area contributed by atoms with Crippen LogP contribution < -0.4 is 5.32 Å². The van der Waals surface area contributed by atoms with Gasteiger partial charge in [-0.25, -0.2) is 0 Å². The van der Waals surface area contributed by atoms with Gasteiger partial charge in [0.2, 0.25) is 5.91 Å². The van der Waals surface area contributed by atoms with E-state index in [-0.39, 0.29) is 17.4 Å². The van der Waals surface area contributed by atoms with Crippen LogP contribution in [0.15, 0.2) is 22.7 Å². The summed E-state index contributed by atoms with van der Waals surface area (Å²) in [5, 5.41) is 2.99. The van der Waals surface area contributed by atoms with Crippen LogP contribution in [-0.4, -0.2) is 35.3 Å². The van der Waals surface area contributed by atoms with Crippen molar-refractivity contribution < 1.29 is 9.59 Å². The molecule has 1 aromatic carbocycles. The highest BCUT2D eigenvalue weighted by Crippen LogP contribution is 2.32. The van der Waals surface area contributed by atoms with E-state index in [4.69, 9.17) is 0 Å². The lowest BCUT2D eigenvalue weighted by Gasteiger charge is -2.47. The standard InChI is InChI=1S/C14H15BrN2O2/c1-9-6-10(15)2-3-11(9)13(19)17-7-14(8-17)5-4-12(18)16-14/h2-3,6H,4-5,7-8H2,1H3,(H,16,18). The van der Waals surface area contributed by atoms with Crippen LogP contribution in [-0.2, 0) is 4.79 Å². The fraction of sp³-hybridized carbons (Fsp3) is 0.429. The predicted octanol–water partition coefficient (Wildman–Crippen LogP) is 1.86. The van der Waals surface area contributed by atoms with Gasteiger partial charge in [-0.3, -0.25) is 9.59 Å². The van der Waals surface area contributed by atoms with E-state index in [0.29, 0.717) is 19.5 Å². The molecule has 2 heterocycles. The number of nitrogens with one attached hydrogen (secondary N) is 1. The molecule has 4 nitrogen and oxygen atoms in total. The number of likely N-dealkylation sites (tertiary alicyclic amines) is 1. The first-order valence-electron chi connectivity index (χ1n) is 6.36. The minimum Gasteiger partial charge on any atom is -0.347 e. The van der Waals surface area contributed by atoms with Crippen molar-refractivity contribution in [2.24, 2.45) is 0 Å². The Labute approximate surface area is 120 Å². The third-order valence-corrected chi connectivity index (χ3v) is 4.42. The molecule has 2 aliphatic heterocycles. The van der Waals surface area contributed by atoms with E-state index in [1.54, 1.807) is 0 Å². The van der Waals surface area contributed by atoms with Gasteiger partial charge in [0.05, 0.1) is 5.54 Å². The van der Waals surface area contributed by atoms with E-state index >= 15 is 0 Å². The van der Waals surface area contributed by atoms with Crippen LogP contribution in [0.25, 0.3) is 0 Å². The van der Waals surface area contributed by atoms with Crippen molar-refractivity contribution in [3.63, 3.8) is 0 Å². The quantitative estimate of drug-likeness (QED) is 0.858. The van der Waals surface area contributed by atoms with Gasteiger partial charge in [-0.1, -0.05) is 15.9 Å². The zero-order valence-corrected chi connectivity index (χ0v) is 12.3. The summed E-state index contributed by atoms with van der Waals surface area (Å²) >= 11 is 3.40. The number of hydrogen-bond acceptors (Lipinski definition) is 2. The lowest BCUT2D eigenvalue weighted by Crippen LogP contribution is -2.68. The van der Waals surface area contributed by atoms with E-state index in [2.05, 4.69) is 21.2 Å². The van der Waals surface area contributed by atoms with Gasteiger partial charge in [0.25, 0.3) is 5.91 Å². The monoisotopic (exact) mass is 322 g/mol. The Morgan fingerprint density at radius 3 is 2.74 bits per heavy atom. The fourth-order valence-corrected chi connectivity index (χ4v) is 3.35. The summed E-state index contributed by atoms with van der Waals surface area (Å²) in [4.78, 5) is 25.5. The summed E-state index contributed by atoms with van der Waals surface area (Å²) < 4.78 is 0.977. The summed E-state index contributed by atoms with van der Waals surface area (Å²) in [6, 6.07) is 5.67. The smallest absolute Gasteiger partial charge is 0.254 e. The molecule has 0 radical (unpaired) electrons. The molecular formula is C14H15BrN2O2. The van der Waals surface area contributed by atoms with Crippen LogP contribution in [0.5, 0.6) is 0 Å². The fourth-order valence-electron chi connectivity index (χ4n) is 2.88. The first-order valence-corrected chi connectivity index (χ1v) is 7.15. The highest BCUT2D eigenvalue weighted by Gasteiger charge is 2.49. The van der Waals surface area contributed by atoms with Gasteiger partial charge in [0, 0.05) is 29.5 Å². The summed E-state index contributed by atoms with van der Waals surface area (Å²) in [7, 11) is 0. The number of nitrogens with zero attached hydrogens (tertiary/aromatic N) is 1. The maximum Gasteiger partial charge on any atom is 0.254 e. The van der Waals surface area contributed by atoms with Crippen molar-refractivity contribution in [1.82, 2.24) is 10.2 Å². The molecule has 0 saturated carbocycles. The molecular weight excluding hydrogens is 308 g/mol. The van der Waals surface area contributed by atoms with Gasteiger partial charge in [0.1, 0.15) is 0 Å². The van der Waals surface area contributed by atoms with Crippen LogP contribution >= 0.6 is 15.9 Å². The van der Waals surface area contributed by atoms with Crippen LogP contribution in [0.1, 0.15) is 28.8 Å². The first kappa shape index (κ1) is 12.7. The molecule has 2 aliphatic rings. The first-order chi connectivity index (χ1) is 8.99. The van der Waals surface area contributed by atoms with Gasteiger partial charge >= 0.3 is 0 Å². The Kier molecular flexibility index (Phi) is 2.89. The highest BCUT2D eigenvalue weighted by molar-refractivity contribution is 9.10. The van der Waals surface area contributed by atoms with E-state index < -0.39 is 0 Å². The second-order valence-electron chi connectivity index (χ2n) is 5.45. The molecule has 19 heavy (non-hydrogen) atoms. The number of halogens is 1. The van der Waals surface area contributed by atoms with Crippen molar-refractivity contribution in [2.75, 3.05) is 13.1 Å². The molecule has 1 N–H and O–H groups in total. The SMILES string of the molecule is Cc1cc(Br)ccc1C(=O)N1CC2(CCC(=O)N2)C1. The summed E-state index contributed by atoms with van der Waals surface area (Å²) in [5.41, 5.74) is 1.56. The van der Waals surface area contributed by atoms with E-state index in [1.165, 1.54) is 0 Å². The number of carbonyl (C=O) groups is 2. The van der Waals surface area contributed by atoms with Crippen molar-refractivity contribution in [3.05, 3.63) is 33.8 Å². The molecule has 2 saturated heterocycles. The van der Waals surface area contributed by atoms with E-state index in [0.717, 1.165) is 22.0 Å². The zero-order valence-electron chi connectivity index (χ0n) is 10.7. The van der Waals surface area contributed by atoms with Crippen LogP contribution in [0, 0.1) is 6.92 Å². The van der Waals surface area contributed by atoms with Gasteiger partial charge in [-0.05, 0) is 37.1 Å². The predicted molar refractivity (Wildman–Crippen MR) is 74.9 cm³/mol. The van der Waals surface area contributed by atoms with Crippen molar-refractivity contribution in [2.45, 2.75) is 25.3 Å². The third kappa shape index (κ3) is 2.16. The Morgan fingerprint density at radius 1 is 1.42 bits per heavy atom. The van der Waals surface area contributed by atoms with Gasteiger partial charge in [0.15, 0.2) is 0 Å². The minimum absolute atomic E-state index is 0.0526. The topological polar surface area (TPSA) is 49.4 Å². The summed E-state index contributed by atoms with van der Waals surface area (Å²) in [6.07, 6.45) is 1.42. The maximum atomic E-state index is 12.4. The highest BCUT2D eigenvalue weighted by atomic mass is 79.9. The van der Waals surface area contributed by atoms with E-state index in [1.807, 2.05) is 30.0 Å². The molecule has 2 amide bonds. The molecule has 2 fully saturated rings. The lowest BCUT2D eigenvalue weighted by atomic mass is 9.87. The maximum absolute atomic E-state index is 12.4. The molecule has 0 aliphatic carbocycles. The summed E-state index contributed by atoms with van der Waals surface area (Å²) in [6.45, 7) is 3.20. The molecule has 0 aromatic heterocycles. The number of benzene rings is 1. The average molecular weight is 323 g/mol. The molecule has 5 heteroatoms. The van der Waals surface area contributed by atoms with Crippen molar-refractivity contribution in [1.29, 1.82) is 0 Å². The van der Waals surface area contributed by atoms with Gasteiger partial charge in [-0.15, -0.1) is 0 Å². The molecule has 3 rings (SSSR count). The molecule has 0 atom stereocenters. The number of carbonyl (C=O) groups excluding carboxylic acids is 2. The molecule has 1 spiro atoms. The second kappa shape index (κ2) is 4.34. The van der Waals surface area contributed by atoms with E-state index in [9.17, 15) is 9.59 Å². The van der Waals surface area contributed by atoms with Gasteiger partial charge in [-0.2, -0.15) is 0 Å². The van der Waals surface area contributed by atoms with Gasteiger partial charge < -0.3 is 10.2 Å². The summed E-state index contributed by atoms with van der Waals surface area (Å²) in [5.74, 6) is 0.156. The van der Waals surface area contributed by atoms with Crippen molar-refractivity contribution >= 4 is 27.7 Å². The Morgan fingerprint density at radius 2 is 2.16 bits per heavy atom. The molecule has 0 bridgehead atoms. The Bertz CT molecular complexity index is 565. The number of hydrogen-bond donors (Lipinski definition) is 1. The van der Waals surface area contributed by atoms with Crippen LogP contribution in [0.3, 0.4) is 0 Å². The number of amides is 2. The largest absolute Gasteiger partial charge is 0.347 e. The normalized spacial score (nSPS) is 20.3.